The van der Waals surface area contributed by atoms with Gasteiger partial charge in [0.2, 0.25) is 0 Å². The Bertz CT molecular complexity index is 553. The first-order chi connectivity index (χ1) is 10.3. The Kier molecular flexibility index (Phi) is 5.88. The molecule has 6 heteroatoms. The van der Waals surface area contributed by atoms with Crippen molar-refractivity contribution in [2.45, 2.75) is 46.8 Å². The number of nitrogens with one attached hydrogen (secondary N) is 1. The first-order valence-corrected chi connectivity index (χ1v) is 7.24. The third-order valence-electron chi connectivity index (χ3n) is 3.63. The summed E-state index contributed by atoms with van der Waals surface area (Å²) in [5.41, 5.74) is 4.83. The van der Waals surface area contributed by atoms with Crippen molar-refractivity contribution in [2.24, 2.45) is 0 Å². The summed E-state index contributed by atoms with van der Waals surface area (Å²) in [6.07, 6.45) is -4.45. The molecule has 0 bridgehead atoms. The van der Waals surface area contributed by atoms with E-state index in [1.54, 1.807) is 11.1 Å². The highest BCUT2D eigenvalue weighted by atomic mass is 19.4. The van der Waals surface area contributed by atoms with Gasteiger partial charge >= 0.3 is 6.18 Å². The molecular weight excluding hydrogens is 293 g/mol. The van der Waals surface area contributed by atoms with E-state index in [-0.39, 0.29) is 11.8 Å². The summed E-state index contributed by atoms with van der Waals surface area (Å²) in [5.74, 6) is -0.174. The average Bonchev–Trinajstić information content (AvgIpc) is 2.75. The fourth-order valence-corrected chi connectivity index (χ4v) is 2.20. The largest absolute Gasteiger partial charge is 0.496 e. The van der Waals surface area contributed by atoms with Gasteiger partial charge in [-0.25, -0.2) is 5.43 Å². The van der Waals surface area contributed by atoms with Crippen molar-refractivity contribution in [3.05, 3.63) is 35.0 Å². The van der Waals surface area contributed by atoms with E-state index in [0.717, 1.165) is 17.3 Å². The van der Waals surface area contributed by atoms with Crippen LogP contribution >= 0.6 is 0 Å². The number of allylic oxidation sites excluding steroid dienone is 1. The van der Waals surface area contributed by atoms with E-state index >= 15 is 0 Å². The lowest BCUT2D eigenvalue weighted by Gasteiger charge is -2.23. The van der Waals surface area contributed by atoms with Gasteiger partial charge in [0.25, 0.3) is 0 Å². The first kappa shape index (κ1) is 18.4. The molecule has 1 atom stereocenters. The molecule has 0 aromatic heterocycles. The minimum absolute atomic E-state index is 0.103. The van der Waals surface area contributed by atoms with Crippen LogP contribution in [0.5, 0.6) is 5.75 Å². The van der Waals surface area contributed by atoms with Crippen molar-refractivity contribution < 1.29 is 17.9 Å². The standard InChI is InChI=1S/C14H17F3N2O.C2H6/c1-8-9(2)18-19(10(8)3)11-5-6-13(20-4)12(7-11)14(15,16)17;1-2/h5-7,9,18H,1-4H3;1-2H3. The second-order valence-corrected chi connectivity index (χ2v) is 4.84. The van der Waals surface area contributed by atoms with E-state index in [1.807, 2.05) is 34.6 Å². The molecule has 0 saturated heterocycles. The molecule has 1 aromatic carbocycles. The molecule has 1 aromatic rings. The van der Waals surface area contributed by atoms with Gasteiger partial charge in [-0.1, -0.05) is 13.8 Å². The van der Waals surface area contributed by atoms with Crippen LogP contribution in [0, 0.1) is 0 Å². The van der Waals surface area contributed by atoms with Gasteiger partial charge in [-0.2, -0.15) is 13.2 Å². The number of nitrogens with zero attached hydrogens (tertiary/aromatic N) is 1. The zero-order valence-corrected chi connectivity index (χ0v) is 13.8. The molecule has 0 fully saturated rings. The predicted octanol–water partition coefficient (Wildman–Crippen LogP) is 4.75. The van der Waals surface area contributed by atoms with E-state index in [0.29, 0.717) is 5.69 Å². The van der Waals surface area contributed by atoms with Gasteiger partial charge < -0.3 is 4.74 Å². The number of hydrogen-bond acceptors (Lipinski definition) is 3. The van der Waals surface area contributed by atoms with Crippen LogP contribution in [0.25, 0.3) is 0 Å². The highest BCUT2D eigenvalue weighted by molar-refractivity contribution is 5.58. The number of halogens is 3. The topological polar surface area (TPSA) is 24.5 Å². The van der Waals surface area contributed by atoms with Crippen molar-refractivity contribution in [3.8, 4) is 5.75 Å². The number of methoxy groups -OCH3 is 1. The zero-order valence-electron chi connectivity index (χ0n) is 13.8. The molecule has 0 amide bonds. The molecule has 2 rings (SSSR count). The molecule has 1 heterocycles. The minimum atomic E-state index is -4.45. The third kappa shape index (κ3) is 3.55. The lowest BCUT2D eigenvalue weighted by molar-refractivity contribution is -0.138. The van der Waals surface area contributed by atoms with E-state index in [1.165, 1.54) is 13.2 Å². The second kappa shape index (κ2) is 7.05. The summed E-state index contributed by atoms with van der Waals surface area (Å²) in [6, 6.07) is 4.15. The Balaban J connectivity index is 0.00000116. The molecule has 22 heavy (non-hydrogen) atoms. The maximum atomic E-state index is 13.0. The second-order valence-electron chi connectivity index (χ2n) is 4.84. The van der Waals surface area contributed by atoms with Crippen LogP contribution in [-0.4, -0.2) is 13.2 Å². The van der Waals surface area contributed by atoms with Crippen molar-refractivity contribution >= 4 is 5.69 Å². The molecule has 0 spiro atoms. The molecule has 124 valence electrons. The van der Waals surface area contributed by atoms with E-state index in [4.69, 9.17) is 4.74 Å². The fraction of sp³-hybridized carbons (Fsp3) is 0.500. The number of rotatable bonds is 2. The van der Waals surface area contributed by atoms with Crippen molar-refractivity contribution in [3.63, 3.8) is 0 Å². The SMILES string of the molecule is CC.COc1ccc(N2NC(C)C(C)=C2C)cc1C(F)(F)F. The fourth-order valence-electron chi connectivity index (χ4n) is 2.20. The van der Waals surface area contributed by atoms with Crippen molar-refractivity contribution in [1.82, 2.24) is 5.43 Å². The summed E-state index contributed by atoms with van der Waals surface area (Å²) in [5, 5.41) is 1.68. The van der Waals surface area contributed by atoms with Crippen molar-refractivity contribution in [1.29, 1.82) is 0 Å². The molecule has 0 aliphatic carbocycles. The van der Waals surface area contributed by atoms with Gasteiger partial charge in [-0.05, 0) is 44.5 Å². The molecular formula is C16H23F3N2O. The van der Waals surface area contributed by atoms with Gasteiger partial charge in [0, 0.05) is 11.7 Å². The summed E-state index contributed by atoms with van der Waals surface area (Å²) < 4.78 is 43.9. The minimum Gasteiger partial charge on any atom is -0.496 e. The van der Waals surface area contributed by atoms with Gasteiger partial charge in [0.15, 0.2) is 0 Å². The number of anilines is 1. The van der Waals surface area contributed by atoms with Crippen molar-refractivity contribution in [2.75, 3.05) is 12.1 Å². The summed E-state index contributed by atoms with van der Waals surface area (Å²) in [7, 11) is 1.23. The molecule has 1 unspecified atom stereocenters. The Morgan fingerprint density at radius 1 is 1.18 bits per heavy atom. The first-order valence-electron chi connectivity index (χ1n) is 7.24. The van der Waals surface area contributed by atoms with Gasteiger partial charge in [0.1, 0.15) is 5.75 Å². The Hall–Kier alpha value is -1.69. The van der Waals surface area contributed by atoms with Crippen LogP contribution in [0.2, 0.25) is 0 Å². The van der Waals surface area contributed by atoms with Crippen LogP contribution in [-0.2, 0) is 6.18 Å². The molecule has 1 aliphatic heterocycles. The summed E-state index contributed by atoms with van der Waals surface area (Å²) >= 11 is 0. The predicted molar refractivity (Wildman–Crippen MR) is 82.8 cm³/mol. The Labute approximate surface area is 129 Å². The average molecular weight is 316 g/mol. The monoisotopic (exact) mass is 316 g/mol. The van der Waals surface area contributed by atoms with Crippen LogP contribution < -0.4 is 15.2 Å². The summed E-state index contributed by atoms with van der Waals surface area (Å²) in [4.78, 5) is 0. The number of ether oxygens (including phenoxy) is 1. The highest BCUT2D eigenvalue weighted by Gasteiger charge is 2.35. The van der Waals surface area contributed by atoms with Gasteiger partial charge in [-0.3, -0.25) is 5.01 Å². The molecule has 0 radical (unpaired) electrons. The number of benzene rings is 1. The molecule has 1 N–H and O–H groups in total. The summed E-state index contributed by atoms with van der Waals surface area (Å²) in [6.45, 7) is 9.80. The maximum Gasteiger partial charge on any atom is 0.420 e. The van der Waals surface area contributed by atoms with Crippen LogP contribution in [0.3, 0.4) is 0 Å². The number of hydrazine groups is 1. The van der Waals surface area contributed by atoms with E-state index in [2.05, 4.69) is 5.43 Å². The van der Waals surface area contributed by atoms with E-state index < -0.39 is 11.7 Å². The third-order valence-corrected chi connectivity index (χ3v) is 3.63. The van der Waals surface area contributed by atoms with Gasteiger partial charge in [-0.15, -0.1) is 0 Å². The lowest BCUT2D eigenvalue weighted by atomic mass is 10.1. The van der Waals surface area contributed by atoms with Crippen LogP contribution in [0.1, 0.15) is 40.2 Å². The maximum absolute atomic E-state index is 13.0. The van der Waals surface area contributed by atoms with Crippen LogP contribution in [0.15, 0.2) is 29.5 Å². The Morgan fingerprint density at radius 3 is 2.18 bits per heavy atom. The Morgan fingerprint density at radius 2 is 1.77 bits per heavy atom. The lowest BCUT2D eigenvalue weighted by Crippen LogP contribution is -2.35. The normalized spacial score (nSPS) is 18.2. The molecule has 3 nitrogen and oxygen atoms in total. The zero-order chi connectivity index (χ0) is 17.1. The smallest absolute Gasteiger partial charge is 0.420 e. The van der Waals surface area contributed by atoms with Crippen LogP contribution in [0.4, 0.5) is 18.9 Å². The highest BCUT2D eigenvalue weighted by Crippen LogP contribution is 2.39. The number of alkyl halides is 3. The van der Waals surface area contributed by atoms with Gasteiger partial charge in [0.05, 0.1) is 18.4 Å². The number of hydrogen-bond donors (Lipinski definition) is 1. The van der Waals surface area contributed by atoms with E-state index in [9.17, 15) is 13.2 Å². The quantitative estimate of drug-likeness (QED) is 0.852. The molecule has 0 saturated carbocycles. The molecule has 1 aliphatic rings.